The minimum atomic E-state index is 0.547. The van der Waals surface area contributed by atoms with Crippen molar-refractivity contribution in [3.63, 3.8) is 0 Å². The first-order valence-corrected chi connectivity index (χ1v) is 21.9. The lowest BCUT2D eigenvalue weighted by Gasteiger charge is -2.16. The van der Waals surface area contributed by atoms with Crippen LogP contribution in [-0.2, 0) is 0 Å². The zero-order chi connectivity index (χ0) is 42.6. The van der Waals surface area contributed by atoms with Gasteiger partial charge in [-0.15, -0.1) is 0 Å². The second kappa shape index (κ2) is 13.8. The molecular weight excluding hydrogens is 795 g/mol. The second-order valence-electron chi connectivity index (χ2n) is 16.8. The normalized spacial score (nSPS) is 12.0. The monoisotopic (exact) mass is 829 g/mol. The van der Waals surface area contributed by atoms with Crippen molar-refractivity contribution in [2.75, 3.05) is 0 Å². The van der Waals surface area contributed by atoms with Gasteiger partial charge in [0.15, 0.2) is 23.1 Å². The molecule has 0 spiro atoms. The maximum Gasteiger partial charge on any atom is 0.166 e. The van der Waals surface area contributed by atoms with Crippen LogP contribution in [0.1, 0.15) is 0 Å². The van der Waals surface area contributed by atoms with E-state index in [0.29, 0.717) is 17.5 Å². The molecule has 4 aromatic heterocycles. The molecule has 0 aliphatic carbocycles. The highest BCUT2D eigenvalue weighted by molar-refractivity contribution is 6.18. The third-order valence-corrected chi connectivity index (χ3v) is 13.1. The van der Waals surface area contributed by atoms with Crippen molar-refractivity contribution in [3.8, 4) is 45.5 Å². The number of nitrogens with zero attached hydrogens (tertiary/aromatic N) is 5. The first-order valence-electron chi connectivity index (χ1n) is 21.9. The predicted octanol–water partition coefficient (Wildman–Crippen LogP) is 15.3. The predicted molar refractivity (Wildman–Crippen MR) is 267 cm³/mol. The van der Waals surface area contributed by atoms with Gasteiger partial charge < -0.3 is 13.6 Å². The summed E-state index contributed by atoms with van der Waals surface area (Å²) in [5.41, 5.74) is 10.5. The minimum absolute atomic E-state index is 0.547. The SMILES string of the molecule is c1ccc(-n2c3ccccc3c3c(-c4nc(-c5ccc6ccccc6c5)nc(-c5ccc6c(oc7ccccc76)c5-n5c6ccccc6c6cc7ccccc7cc65)n4)cccc32)cc1. The molecule has 14 rings (SSSR count). The van der Waals surface area contributed by atoms with Crippen LogP contribution in [0.15, 0.2) is 217 Å². The lowest BCUT2D eigenvalue weighted by atomic mass is 10.0. The molecule has 0 atom stereocenters. The van der Waals surface area contributed by atoms with Gasteiger partial charge in [-0.3, -0.25) is 0 Å². The number of rotatable bonds is 5. The summed E-state index contributed by atoms with van der Waals surface area (Å²) >= 11 is 0. The minimum Gasteiger partial charge on any atom is -0.454 e. The van der Waals surface area contributed by atoms with Crippen molar-refractivity contribution in [2.24, 2.45) is 0 Å². The highest BCUT2D eigenvalue weighted by Crippen LogP contribution is 2.44. The summed E-state index contributed by atoms with van der Waals surface area (Å²) in [5.74, 6) is 1.72. The molecule has 0 aliphatic rings. The number of para-hydroxylation sites is 4. The Labute approximate surface area is 371 Å². The molecule has 6 heteroatoms. The molecule has 0 radical (unpaired) electrons. The van der Waals surface area contributed by atoms with E-state index >= 15 is 0 Å². The second-order valence-corrected chi connectivity index (χ2v) is 16.8. The van der Waals surface area contributed by atoms with Gasteiger partial charge in [0.05, 0.1) is 22.1 Å². The average molecular weight is 830 g/mol. The van der Waals surface area contributed by atoms with E-state index in [4.69, 9.17) is 19.4 Å². The molecule has 0 fully saturated rings. The Morgan fingerprint density at radius 3 is 1.77 bits per heavy atom. The maximum absolute atomic E-state index is 6.99. The summed E-state index contributed by atoms with van der Waals surface area (Å²) in [7, 11) is 0. The van der Waals surface area contributed by atoms with E-state index in [-0.39, 0.29) is 0 Å². The van der Waals surface area contributed by atoms with Crippen LogP contribution in [0.4, 0.5) is 0 Å². The van der Waals surface area contributed by atoms with Crippen molar-refractivity contribution in [1.82, 2.24) is 24.1 Å². The fourth-order valence-electron chi connectivity index (χ4n) is 10.2. The largest absolute Gasteiger partial charge is 0.454 e. The van der Waals surface area contributed by atoms with Crippen LogP contribution in [0.25, 0.3) is 133 Å². The highest BCUT2D eigenvalue weighted by atomic mass is 16.3. The van der Waals surface area contributed by atoms with Gasteiger partial charge in [0.25, 0.3) is 0 Å². The smallest absolute Gasteiger partial charge is 0.166 e. The first-order chi connectivity index (χ1) is 32.2. The molecule has 4 heterocycles. The van der Waals surface area contributed by atoms with E-state index in [1.807, 2.05) is 12.1 Å². The molecule has 0 unspecified atom stereocenters. The lowest BCUT2D eigenvalue weighted by Crippen LogP contribution is -2.04. The summed E-state index contributed by atoms with van der Waals surface area (Å²) < 4.78 is 11.7. The van der Waals surface area contributed by atoms with Crippen LogP contribution in [0.2, 0.25) is 0 Å². The zero-order valence-corrected chi connectivity index (χ0v) is 34.9. The summed E-state index contributed by atoms with van der Waals surface area (Å²) in [5, 5.41) is 11.2. The standard InChI is InChI=1S/C59H35N5O/c1-2-19-41(20-3-1)63-50-26-12-9-23-45(50)54-46(24-14-27-51(54)63)58-60-57(40-30-29-36-15-4-5-16-37(36)33-40)61-59(62-58)47-32-31-44-43-22-10-13-28-53(43)65-56(44)55(47)64-49-25-11-8-21-42(49)48-34-38-17-6-7-18-39(38)35-52(48)64/h1-35H. The van der Waals surface area contributed by atoms with Crippen LogP contribution < -0.4 is 0 Å². The Morgan fingerprint density at radius 1 is 0.338 bits per heavy atom. The van der Waals surface area contributed by atoms with Crippen molar-refractivity contribution in [3.05, 3.63) is 212 Å². The molecule has 0 saturated carbocycles. The molecule has 65 heavy (non-hydrogen) atoms. The number of hydrogen-bond donors (Lipinski definition) is 0. The third kappa shape index (κ3) is 5.38. The van der Waals surface area contributed by atoms with Crippen LogP contribution in [0.3, 0.4) is 0 Å². The molecule has 0 amide bonds. The number of furan rings is 1. The summed E-state index contributed by atoms with van der Waals surface area (Å²) in [6.07, 6.45) is 0. The fraction of sp³-hybridized carbons (Fsp3) is 0. The number of aromatic nitrogens is 5. The average Bonchev–Trinajstić information content (AvgIpc) is 4.03. The van der Waals surface area contributed by atoms with Crippen LogP contribution >= 0.6 is 0 Å². The number of fused-ring (bicyclic) bond motifs is 11. The van der Waals surface area contributed by atoms with E-state index in [1.54, 1.807) is 0 Å². The van der Waals surface area contributed by atoms with E-state index in [0.717, 1.165) is 110 Å². The molecular formula is C59H35N5O. The third-order valence-electron chi connectivity index (χ3n) is 13.1. The maximum atomic E-state index is 6.99. The summed E-state index contributed by atoms with van der Waals surface area (Å²) in [6, 6.07) is 74.9. The van der Waals surface area contributed by atoms with Crippen LogP contribution in [-0.4, -0.2) is 24.1 Å². The fourth-order valence-corrected chi connectivity index (χ4v) is 10.2. The Balaban J connectivity index is 1.12. The van der Waals surface area contributed by atoms with Gasteiger partial charge >= 0.3 is 0 Å². The van der Waals surface area contributed by atoms with Gasteiger partial charge in [0, 0.05) is 54.7 Å². The molecule has 0 aliphatic heterocycles. The Kier molecular flexibility index (Phi) is 7.59. The van der Waals surface area contributed by atoms with Gasteiger partial charge in [-0.05, 0) is 88.3 Å². The quantitative estimate of drug-likeness (QED) is 0.173. The Hall–Kier alpha value is -8.87. The van der Waals surface area contributed by atoms with Gasteiger partial charge in [-0.25, -0.2) is 15.0 Å². The summed E-state index contributed by atoms with van der Waals surface area (Å²) in [4.78, 5) is 16.4. The van der Waals surface area contributed by atoms with Gasteiger partial charge in [-0.1, -0.05) is 146 Å². The Bertz CT molecular complexity index is 4250. The van der Waals surface area contributed by atoms with Crippen LogP contribution in [0, 0.1) is 0 Å². The summed E-state index contributed by atoms with van der Waals surface area (Å²) in [6.45, 7) is 0. The highest BCUT2D eigenvalue weighted by Gasteiger charge is 2.26. The number of benzene rings is 10. The lowest BCUT2D eigenvalue weighted by molar-refractivity contribution is 0.666. The zero-order valence-electron chi connectivity index (χ0n) is 34.9. The van der Waals surface area contributed by atoms with E-state index < -0.39 is 0 Å². The van der Waals surface area contributed by atoms with E-state index in [1.165, 1.54) is 5.39 Å². The Morgan fingerprint density at radius 2 is 0.954 bits per heavy atom. The van der Waals surface area contributed by atoms with Crippen molar-refractivity contribution in [2.45, 2.75) is 0 Å². The van der Waals surface area contributed by atoms with Crippen molar-refractivity contribution < 1.29 is 4.42 Å². The topological polar surface area (TPSA) is 61.7 Å². The van der Waals surface area contributed by atoms with Crippen molar-refractivity contribution >= 4 is 87.1 Å². The van der Waals surface area contributed by atoms with Gasteiger partial charge in [-0.2, -0.15) is 0 Å². The molecule has 14 aromatic rings. The first kappa shape index (κ1) is 35.7. The van der Waals surface area contributed by atoms with Gasteiger partial charge in [0.2, 0.25) is 0 Å². The number of hydrogen-bond acceptors (Lipinski definition) is 4. The molecule has 0 bridgehead atoms. The van der Waals surface area contributed by atoms with Crippen LogP contribution in [0.5, 0.6) is 0 Å². The molecule has 6 nitrogen and oxygen atoms in total. The molecule has 302 valence electrons. The van der Waals surface area contributed by atoms with Gasteiger partial charge in [0.1, 0.15) is 11.3 Å². The molecule has 10 aromatic carbocycles. The molecule has 0 N–H and O–H groups in total. The van der Waals surface area contributed by atoms with Crippen molar-refractivity contribution in [1.29, 1.82) is 0 Å². The van der Waals surface area contributed by atoms with E-state index in [2.05, 4.69) is 209 Å². The molecule has 0 saturated heterocycles. The van der Waals surface area contributed by atoms with E-state index in [9.17, 15) is 0 Å².